The van der Waals surface area contributed by atoms with Crippen LogP contribution in [0.4, 0.5) is 0 Å². The maximum absolute atomic E-state index is 6.25. The second-order valence-electron chi connectivity index (χ2n) is 0. The van der Waals surface area contributed by atoms with E-state index in [-0.39, 0.29) is 23.1 Å². The predicted octanol–water partition coefficient (Wildman–Crippen LogP) is -0.186. The number of rotatable bonds is 0. The molecular weight excluding hydrogens is 261 g/mol. The topological polar surface area (TPSA) is 143 Å². The molecule has 0 amide bonds. The summed E-state index contributed by atoms with van der Waals surface area (Å²) in [6.45, 7) is 28.5. The Bertz CT molecular complexity index is 112. The molecule has 0 heterocycles. The normalized spacial score (nSPS) is 1.27. The van der Waals surface area contributed by atoms with E-state index in [1.165, 1.54) is 0 Å². The summed E-state index contributed by atoms with van der Waals surface area (Å²) in [7, 11) is 0. The minimum atomic E-state index is 0. The van der Waals surface area contributed by atoms with E-state index in [4.69, 9.17) is 71.0 Å². The molecule has 70 valence electrons. The van der Waals surface area contributed by atoms with Crippen molar-refractivity contribution in [2.45, 2.75) is 0 Å². The molecule has 0 aliphatic rings. The van der Waals surface area contributed by atoms with Gasteiger partial charge in [0, 0.05) is 0 Å². The molecule has 0 aliphatic carbocycles. The van der Waals surface area contributed by atoms with Crippen molar-refractivity contribution >= 4 is 42.0 Å². The van der Waals surface area contributed by atoms with Crippen molar-refractivity contribution in [3.8, 4) is 0 Å². The molecule has 0 radical (unpaired) electrons. The molecule has 0 spiro atoms. The zero-order valence-electron chi connectivity index (χ0n) is 7.45. The maximum atomic E-state index is 6.25. The molecule has 0 aromatic heterocycles. The number of nitrogens with zero attached hydrogens (tertiary/aromatic N) is 6. The van der Waals surface area contributed by atoms with E-state index in [9.17, 15) is 0 Å². The van der Waals surface area contributed by atoms with Crippen molar-refractivity contribution in [3.05, 3.63) is 39.4 Å². The fourth-order valence-corrected chi connectivity index (χ4v) is 0. The molecule has 0 rings (SSSR count). The third-order valence-electron chi connectivity index (χ3n) is 0. The van der Waals surface area contributed by atoms with Crippen LogP contribution in [0, 0.1) is 71.0 Å². The third-order valence-corrected chi connectivity index (χ3v) is 0. The first-order chi connectivity index (χ1) is 7.00. The van der Waals surface area contributed by atoms with Crippen LogP contribution >= 0.6 is 0 Å². The van der Waals surface area contributed by atoms with E-state index < -0.39 is 0 Å². The first kappa shape index (κ1) is 65.8. The fraction of sp³-hybridized carbons (Fsp3) is 0. The minimum absolute atomic E-state index is 0. The molecule has 0 fully saturated rings. The van der Waals surface area contributed by atoms with Crippen molar-refractivity contribution in [2.24, 2.45) is 0 Å². The Morgan fingerprint density at radius 2 is 0.467 bits per heavy atom. The molecular formula is C6FeMg2N6-4. The average Bonchev–Trinajstić information content (AvgIpc) is 2.45. The molecule has 6 nitrogen and oxygen atoms in total. The summed E-state index contributed by atoms with van der Waals surface area (Å²) in [4.78, 5) is 0. The van der Waals surface area contributed by atoms with E-state index >= 15 is 0 Å². The fourth-order valence-electron chi connectivity index (χ4n) is 0. The van der Waals surface area contributed by atoms with E-state index in [1.807, 2.05) is 0 Å². The van der Waals surface area contributed by atoms with Crippen LogP contribution in [-0.2, 0) is 12.4 Å². The summed E-state index contributed by atoms with van der Waals surface area (Å²) in [5.41, 5.74) is 0. The van der Waals surface area contributed by atoms with Crippen LogP contribution in [0.1, 0.15) is 0 Å². The van der Waals surface area contributed by atoms with Gasteiger partial charge in [0.2, 0.25) is 0 Å². The summed E-state index contributed by atoms with van der Waals surface area (Å²) in [5.74, 6) is 0. The van der Waals surface area contributed by atoms with Gasteiger partial charge in [0.1, 0.15) is 0 Å². The van der Waals surface area contributed by atoms with Crippen LogP contribution in [0.15, 0.2) is 0 Å². The first-order valence-corrected chi connectivity index (χ1v) is 4.43. The number of hydrogen-bond acceptors (Lipinski definition) is 6. The van der Waals surface area contributed by atoms with Crippen molar-refractivity contribution in [2.75, 3.05) is 0 Å². The Balaban J connectivity index is -0.00000000628. The van der Waals surface area contributed by atoms with Gasteiger partial charge in [-0.15, -0.1) is 0 Å². The van der Waals surface area contributed by atoms with Gasteiger partial charge in [0.15, 0.2) is 0 Å². The first-order valence-electron chi connectivity index (χ1n) is 1.59. The van der Waals surface area contributed by atoms with Gasteiger partial charge < -0.3 is 71.0 Å². The second-order valence-corrected chi connectivity index (χ2v) is 0. The molecule has 0 unspecified atom stereocenters. The van der Waals surface area contributed by atoms with Gasteiger partial charge in [0.25, 0.3) is 0 Å². The van der Waals surface area contributed by atoms with Crippen LogP contribution in [0.2, 0.25) is 0 Å². The Kier molecular flexibility index (Phi) is 8060. The van der Waals surface area contributed by atoms with Gasteiger partial charge in [-0.2, -0.15) is 0 Å². The predicted molar refractivity (Wildman–Crippen MR) is 41.3 cm³/mol. The van der Waals surface area contributed by atoms with Gasteiger partial charge in [0.05, 0.1) is 0 Å². The summed E-state index contributed by atoms with van der Waals surface area (Å²) < 4.78 is 0. The van der Waals surface area contributed by atoms with Gasteiger partial charge in [-0.1, -0.05) is 0 Å². The van der Waals surface area contributed by atoms with Gasteiger partial charge in [-0.25, -0.2) is 0 Å². The SMILES string of the molecule is [C-]#N.[C-]#N.[C-]#N.[C-]#N.[C-]#N.[C-]#N.[Mg+2].[Mg]=[Fe]. The third kappa shape index (κ3) is 1540. The Morgan fingerprint density at radius 1 is 0.467 bits per heavy atom. The quantitative estimate of drug-likeness (QED) is 0.436. The summed E-state index contributed by atoms with van der Waals surface area (Å²) in [6.07, 6.45) is 0. The summed E-state index contributed by atoms with van der Waals surface area (Å²) in [5, 5.41) is 37.5. The molecule has 9 heteroatoms. The van der Waals surface area contributed by atoms with Crippen LogP contribution < -0.4 is 0 Å². The standard InChI is InChI=1S/6CN.Fe.2Mg/c6*1-2;;;/q6*-1;;;+2. The summed E-state index contributed by atoms with van der Waals surface area (Å²) >= 11 is 4.89. The van der Waals surface area contributed by atoms with Gasteiger partial charge in [-0.05, 0) is 0 Å². The van der Waals surface area contributed by atoms with Gasteiger partial charge in [-0.3, -0.25) is 0 Å². The zero-order valence-corrected chi connectivity index (χ0v) is 11.4. The molecule has 0 bridgehead atoms. The molecule has 0 aliphatic heterocycles. The molecule has 15 heavy (non-hydrogen) atoms. The molecule has 0 aromatic carbocycles. The van der Waals surface area contributed by atoms with Crippen molar-refractivity contribution in [1.82, 2.24) is 0 Å². The van der Waals surface area contributed by atoms with E-state index in [2.05, 4.69) is 12.4 Å². The van der Waals surface area contributed by atoms with Crippen LogP contribution in [0.5, 0.6) is 0 Å². The van der Waals surface area contributed by atoms with Crippen LogP contribution in [0.3, 0.4) is 0 Å². The van der Waals surface area contributed by atoms with Crippen molar-refractivity contribution in [1.29, 1.82) is 31.6 Å². The van der Waals surface area contributed by atoms with Crippen LogP contribution in [-0.4, -0.2) is 42.0 Å². The van der Waals surface area contributed by atoms with Crippen molar-refractivity contribution < 1.29 is 12.4 Å². The number of hydrogen-bond donors (Lipinski definition) is 0. The van der Waals surface area contributed by atoms with E-state index in [0.29, 0.717) is 0 Å². The van der Waals surface area contributed by atoms with E-state index in [1.54, 1.807) is 18.9 Å². The van der Waals surface area contributed by atoms with Crippen molar-refractivity contribution in [3.63, 3.8) is 0 Å². The molecule has 0 aromatic rings. The molecule has 0 atom stereocenters. The monoisotopic (exact) mass is 260 g/mol. The van der Waals surface area contributed by atoms with E-state index in [0.717, 1.165) is 0 Å². The Morgan fingerprint density at radius 3 is 0.467 bits per heavy atom. The average molecular weight is 261 g/mol. The molecule has 0 saturated heterocycles. The Hall–Kier alpha value is -1.01. The molecule has 0 saturated carbocycles. The second kappa shape index (κ2) is 1840. The molecule has 0 N–H and O–H groups in total. The summed E-state index contributed by atoms with van der Waals surface area (Å²) in [6, 6.07) is 0. The Labute approximate surface area is 124 Å². The zero-order chi connectivity index (χ0) is 14.0. The van der Waals surface area contributed by atoms with Gasteiger partial charge >= 0.3 is 54.4 Å². The van der Waals surface area contributed by atoms with Crippen LogP contribution in [0.25, 0.3) is 0 Å².